The molecule has 0 aromatic rings. The molecule has 3 aliphatic rings. The molecule has 2 heterocycles. The predicted molar refractivity (Wildman–Crippen MR) is 72.7 cm³/mol. The molecule has 0 saturated carbocycles. The van der Waals surface area contributed by atoms with Crippen molar-refractivity contribution >= 4 is 29.0 Å². The lowest BCUT2D eigenvalue weighted by molar-refractivity contribution is 0.437. The molecule has 3 rings (SSSR count). The molecular weight excluding hydrogens is 255 g/mol. The lowest BCUT2D eigenvalue weighted by atomic mass is 10.0. The lowest BCUT2D eigenvalue weighted by Crippen LogP contribution is -2.36. The molecule has 2 aliphatic heterocycles. The average molecular weight is 271 g/mol. The molecular formula is C13H16Cl2N2. The molecule has 0 bridgehead atoms. The Balaban J connectivity index is 1.89. The fourth-order valence-electron chi connectivity index (χ4n) is 2.68. The summed E-state index contributed by atoms with van der Waals surface area (Å²) in [6.07, 6.45) is 9.50. The molecule has 0 aromatic carbocycles. The molecule has 0 unspecified atom stereocenters. The van der Waals surface area contributed by atoms with E-state index >= 15 is 0 Å². The first-order valence-corrected chi connectivity index (χ1v) is 7.01. The van der Waals surface area contributed by atoms with Crippen molar-refractivity contribution in [2.75, 3.05) is 13.1 Å². The minimum absolute atomic E-state index is 0.638. The molecule has 0 spiro atoms. The number of aliphatic imine (C=N–C) groups is 1. The van der Waals surface area contributed by atoms with Crippen molar-refractivity contribution in [1.82, 2.24) is 4.90 Å². The highest BCUT2D eigenvalue weighted by Gasteiger charge is 2.31. The summed E-state index contributed by atoms with van der Waals surface area (Å²) < 4.78 is -0.768. The first-order chi connectivity index (χ1) is 8.14. The van der Waals surface area contributed by atoms with Gasteiger partial charge in [0.25, 0.3) is 0 Å². The summed E-state index contributed by atoms with van der Waals surface area (Å²) in [5, 5.41) is 0. The van der Waals surface area contributed by atoms with E-state index in [0.29, 0.717) is 6.42 Å². The summed E-state index contributed by atoms with van der Waals surface area (Å²) in [4.78, 5) is 7.19. The topological polar surface area (TPSA) is 15.6 Å². The van der Waals surface area contributed by atoms with Crippen LogP contribution in [0.15, 0.2) is 28.4 Å². The van der Waals surface area contributed by atoms with E-state index < -0.39 is 4.33 Å². The quantitative estimate of drug-likeness (QED) is 0.614. The number of fused-ring (bicyclic) bond motifs is 1. The Bertz CT molecular complexity index is 421. The van der Waals surface area contributed by atoms with Crippen LogP contribution in [0.3, 0.4) is 0 Å². The Morgan fingerprint density at radius 2 is 2.12 bits per heavy atom. The van der Waals surface area contributed by atoms with Gasteiger partial charge in [0.05, 0.1) is 5.70 Å². The van der Waals surface area contributed by atoms with Crippen LogP contribution in [0.4, 0.5) is 0 Å². The molecule has 0 amide bonds. The first kappa shape index (κ1) is 11.6. The molecule has 0 aromatic heterocycles. The van der Waals surface area contributed by atoms with Crippen molar-refractivity contribution < 1.29 is 0 Å². The van der Waals surface area contributed by atoms with E-state index in [1.807, 2.05) is 12.2 Å². The van der Waals surface area contributed by atoms with Gasteiger partial charge in [0, 0.05) is 25.9 Å². The van der Waals surface area contributed by atoms with E-state index in [-0.39, 0.29) is 0 Å². The highest BCUT2D eigenvalue weighted by Crippen LogP contribution is 2.38. The average Bonchev–Trinajstić information content (AvgIpc) is 2.49. The van der Waals surface area contributed by atoms with Crippen LogP contribution in [0, 0.1) is 0 Å². The van der Waals surface area contributed by atoms with Gasteiger partial charge in [0.1, 0.15) is 10.2 Å². The lowest BCUT2D eigenvalue weighted by Gasteiger charge is -2.33. The van der Waals surface area contributed by atoms with Crippen LogP contribution < -0.4 is 0 Å². The Morgan fingerprint density at radius 1 is 1.24 bits per heavy atom. The van der Waals surface area contributed by atoms with Crippen molar-refractivity contribution in [2.45, 2.75) is 36.4 Å². The van der Waals surface area contributed by atoms with Crippen LogP contribution in [0.1, 0.15) is 32.1 Å². The Morgan fingerprint density at radius 3 is 3.00 bits per heavy atom. The number of alkyl halides is 2. The smallest absolute Gasteiger partial charge is 0.142 e. The van der Waals surface area contributed by atoms with Gasteiger partial charge in [0.2, 0.25) is 0 Å². The summed E-state index contributed by atoms with van der Waals surface area (Å²) in [7, 11) is 0. The molecule has 0 atom stereocenters. The Labute approximate surface area is 112 Å². The zero-order chi connectivity index (χ0) is 11.9. The zero-order valence-electron chi connectivity index (χ0n) is 9.75. The largest absolute Gasteiger partial charge is 0.356 e. The van der Waals surface area contributed by atoms with Crippen LogP contribution in [-0.2, 0) is 0 Å². The third-order valence-corrected chi connectivity index (χ3v) is 4.14. The van der Waals surface area contributed by atoms with Gasteiger partial charge in [-0.15, -0.1) is 0 Å². The van der Waals surface area contributed by atoms with E-state index in [9.17, 15) is 0 Å². The Hall–Kier alpha value is -0.470. The fraction of sp³-hybridized carbons (Fsp3) is 0.615. The SMILES string of the molecule is ClC1(Cl)C=CC2=C(C1)N=C1CCCCCN1C2. The van der Waals surface area contributed by atoms with Crippen molar-refractivity contribution in [3.8, 4) is 0 Å². The van der Waals surface area contributed by atoms with Crippen LogP contribution in [0.2, 0.25) is 0 Å². The number of hydrogen-bond donors (Lipinski definition) is 0. The summed E-state index contributed by atoms with van der Waals surface area (Å²) in [5.74, 6) is 1.24. The van der Waals surface area contributed by atoms with Crippen LogP contribution >= 0.6 is 23.2 Å². The molecule has 2 nitrogen and oxygen atoms in total. The standard InChI is InChI=1S/C13H16Cl2N2/c14-13(15)6-5-10-9-17-7-3-1-2-4-12(17)16-11(10)8-13/h5-6H,1-4,7-9H2. The molecule has 1 aliphatic carbocycles. The number of halogens is 2. The minimum Gasteiger partial charge on any atom is -0.356 e. The fourth-order valence-corrected chi connectivity index (χ4v) is 3.06. The van der Waals surface area contributed by atoms with Gasteiger partial charge in [-0.05, 0) is 24.5 Å². The zero-order valence-corrected chi connectivity index (χ0v) is 11.3. The van der Waals surface area contributed by atoms with Gasteiger partial charge < -0.3 is 4.90 Å². The second-order valence-corrected chi connectivity index (χ2v) is 6.55. The normalized spacial score (nSPS) is 27.2. The molecule has 0 radical (unpaired) electrons. The number of allylic oxidation sites excluding steroid dienone is 2. The monoisotopic (exact) mass is 270 g/mol. The van der Waals surface area contributed by atoms with Crippen molar-refractivity contribution in [1.29, 1.82) is 0 Å². The van der Waals surface area contributed by atoms with Crippen LogP contribution in [0.25, 0.3) is 0 Å². The van der Waals surface area contributed by atoms with Gasteiger partial charge in [-0.25, -0.2) is 4.99 Å². The summed E-state index contributed by atoms with van der Waals surface area (Å²) in [5.41, 5.74) is 2.37. The van der Waals surface area contributed by atoms with Crippen molar-refractivity contribution in [3.63, 3.8) is 0 Å². The van der Waals surface area contributed by atoms with Gasteiger partial charge >= 0.3 is 0 Å². The van der Waals surface area contributed by atoms with Gasteiger partial charge in [0.15, 0.2) is 0 Å². The number of hydrogen-bond acceptors (Lipinski definition) is 2. The summed E-state index contributed by atoms with van der Waals surface area (Å²) in [6, 6.07) is 0. The summed E-state index contributed by atoms with van der Waals surface area (Å²) >= 11 is 12.3. The molecule has 17 heavy (non-hydrogen) atoms. The van der Waals surface area contributed by atoms with E-state index in [1.54, 1.807) is 0 Å². The highest BCUT2D eigenvalue weighted by molar-refractivity contribution is 6.50. The molecule has 1 saturated heterocycles. The highest BCUT2D eigenvalue weighted by atomic mass is 35.5. The van der Waals surface area contributed by atoms with Gasteiger partial charge in [-0.2, -0.15) is 0 Å². The molecule has 92 valence electrons. The van der Waals surface area contributed by atoms with Gasteiger partial charge in [-0.3, -0.25) is 0 Å². The maximum Gasteiger partial charge on any atom is 0.142 e. The second kappa shape index (κ2) is 4.33. The minimum atomic E-state index is -0.768. The molecule has 1 fully saturated rings. The third-order valence-electron chi connectivity index (χ3n) is 3.62. The maximum atomic E-state index is 6.16. The number of amidine groups is 1. The molecule has 0 N–H and O–H groups in total. The number of rotatable bonds is 0. The Kier molecular flexibility index (Phi) is 2.95. The summed E-state index contributed by atoms with van der Waals surface area (Å²) in [6.45, 7) is 2.12. The van der Waals surface area contributed by atoms with E-state index in [2.05, 4.69) is 4.90 Å². The maximum absolute atomic E-state index is 6.16. The molecule has 4 heteroatoms. The van der Waals surface area contributed by atoms with Crippen LogP contribution in [0.5, 0.6) is 0 Å². The van der Waals surface area contributed by atoms with Gasteiger partial charge in [-0.1, -0.05) is 35.7 Å². The van der Waals surface area contributed by atoms with Crippen molar-refractivity contribution in [2.24, 2.45) is 4.99 Å². The predicted octanol–water partition coefficient (Wildman–Crippen LogP) is 3.66. The van der Waals surface area contributed by atoms with E-state index in [1.165, 1.54) is 30.7 Å². The van der Waals surface area contributed by atoms with Crippen LogP contribution in [-0.4, -0.2) is 28.2 Å². The second-order valence-electron chi connectivity index (χ2n) is 5.00. The van der Waals surface area contributed by atoms with E-state index in [4.69, 9.17) is 28.2 Å². The number of nitrogens with zero attached hydrogens (tertiary/aromatic N) is 2. The van der Waals surface area contributed by atoms with E-state index in [0.717, 1.165) is 25.2 Å². The third kappa shape index (κ3) is 2.38. The van der Waals surface area contributed by atoms with Crippen molar-refractivity contribution in [3.05, 3.63) is 23.4 Å². The first-order valence-electron chi connectivity index (χ1n) is 6.26.